The standard InChI is InChI=1S/C15H23NO3/c1-2-19-15(18)13-9-6-10-16(11-13)14(17)12-7-4-3-5-8-12/h3-4,12-13H,2,5-11H2,1H3/t12?,13-/m0/s1. The van der Waals surface area contributed by atoms with Gasteiger partial charge in [-0.25, -0.2) is 0 Å². The van der Waals surface area contributed by atoms with Crippen LogP contribution in [-0.2, 0) is 14.3 Å². The number of piperidine rings is 1. The van der Waals surface area contributed by atoms with Gasteiger partial charge < -0.3 is 9.64 Å². The lowest BCUT2D eigenvalue weighted by molar-refractivity contribution is -0.152. The summed E-state index contributed by atoms with van der Waals surface area (Å²) in [4.78, 5) is 26.1. The smallest absolute Gasteiger partial charge is 0.310 e. The van der Waals surface area contributed by atoms with Crippen LogP contribution in [0.15, 0.2) is 12.2 Å². The number of hydrogen-bond acceptors (Lipinski definition) is 3. The van der Waals surface area contributed by atoms with Crippen molar-refractivity contribution in [2.24, 2.45) is 11.8 Å². The molecule has 0 saturated carbocycles. The molecule has 1 unspecified atom stereocenters. The molecule has 19 heavy (non-hydrogen) atoms. The maximum absolute atomic E-state index is 12.4. The third-order valence-electron chi connectivity index (χ3n) is 3.97. The number of nitrogens with zero attached hydrogens (tertiary/aromatic N) is 1. The number of allylic oxidation sites excluding steroid dienone is 2. The Morgan fingerprint density at radius 1 is 1.26 bits per heavy atom. The number of hydrogen-bond donors (Lipinski definition) is 0. The number of carbonyl (C=O) groups is 2. The highest BCUT2D eigenvalue weighted by Crippen LogP contribution is 2.24. The van der Waals surface area contributed by atoms with E-state index in [1.54, 1.807) is 0 Å². The van der Waals surface area contributed by atoms with Crippen molar-refractivity contribution in [1.29, 1.82) is 0 Å². The zero-order chi connectivity index (χ0) is 13.7. The molecular weight excluding hydrogens is 242 g/mol. The molecule has 4 nitrogen and oxygen atoms in total. The molecule has 1 aliphatic carbocycles. The van der Waals surface area contributed by atoms with Crippen LogP contribution in [0, 0.1) is 11.8 Å². The molecule has 1 saturated heterocycles. The summed E-state index contributed by atoms with van der Waals surface area (Å²) in [7, 11) is 0. The highest BCUT2D eigenvalue weighted by atomic mass is 16.5. The zero-order valence-electron chi connectivity index (χ0n) is 11.6. The van der Waals surface area contributed by atoms with E-state index in [-0.39, 0.29) is 23.7 Å². The Balaban J connectivity index is 1.91. The molecule has 0 aromatic carbocycles. The highest BCUT2D eigenvalue weighted by Gasteiger charge is 2.32. The van der Waals surface area contributed by atoms with Crippen molar-refractivity contribution in [3.63, 3.8) is 0 Å². The first-order valence-electron chi connectivity index (χ1n) is 7.32. The summed E-state index contributed by atoms with van der Waals surface area (Å²) in [6.45, 7) is 3.56. The van der Waals surface area contributed by atoms with Crippen LogP contribution in [0.3, 0.4) is 0 Å². The number of esters is 1. The molecule has 2 atom stereocenters. The van der Waals surface area contributed by atoms with Crippen LogP contribution in [0.1, 0.15) is 39.0 Å². The Hall–Kier alpha value is -1.32. The topological polar surface area (TPSA) is 46.6 Å². The Bertz CT molecular complexity index is 364. The van der Waals surface area contributed by atoms with Gasteiger partial charge in [0.25, 0.3) is 0 Å². The summed E-state index contributed by atoms with van der Waals surface area (Å²) in [5, 5.41) is 0. The van der Waals surface area contributed by atoms with Crippen molar-refractivity contribution >= 4 is 11.9 Å². The second kappa shape index (κ2) is 6.73. The fourth-order valence-corrected chi connectivity index (χ4v) is 2.91. The Morgan fingerprint density at radius 3 is 2.79 bits per heavy atom. The van der Waals surface area contributed by atoms with Gasteiger partial charge in [0.2, 0.25) is 5.91 Å². The average molecular weight is 265 g/mol. The molecule has 0 bridgehead atoms. The second-order valence-corrected chi connectivity index (χ2v) is 5.36. The molecule has 2 rings (SSSR count). The summed E-state index contributed by atoms with van der Waals surface area (Å²) in [5.41, 5.74) is 0. The fourth-order valence-electron chi connectivity index (χ4n) is 2.91. The van der Waals surface area contributed by atoms with Crippen LogP contribution in [0.2, 0.25) is 0 Å². The van der Waals surface area contributed by atoms with Crippen molar-refractivity contribution in [1.82, 2.24) is 4.90 Å². The first kappa shape index (κ1) is 14.1. The SMILES string of the molecule is CCOC(=O)[C@H]1CCCN(C(=O)C2CC=CCC2)C1. The molecule has 0 aromatic heterocycles. The van der Waals surface area contributed by atoms with Crippen LogP contribution in [-0.4, -0.2) is 36.5 Å². The number of rotatable bonds is 3. The third-order valence-corrected chi connectivity index (χ3v) is 3.97. The Morgan fingerprint density at radius 2 is 2.11 bits per heavy atom. The molecule has 0 aromatic rings. The van der Waals surface area contributed by atoms with Gasteiger partial charge in [0.1, 0.15) is 0 Å². The van der Waals surface area contributed by atoms with Crippen LogP contribution in [0.5, 0.6) is 0 Å². The van der Waals surface area contributed by atoms with Crippen LogP contribution >= 0.6 is 0 Å². The zero-order valence-corrected chi connectivity index (χ0v) is 11.6. The second-order valence-electron chi connectivity index (χ2n) is 5.36. The number of amides is 1. The van der Waals surface area contributed by atoms with E-state index in [4.69, 9.17) is 4.74 Å². The fraction of sp³-hybridized carbons (Fsp3) is 0.733. The van der Waals surface area contributed by atoms with Crippen molar-refractivity contribution < 1.29 is 14.3 Å². The molecule has 2 aliphatic rings. The third kappa shape index (κ3) is 3.58. The van der Waals surface area contributed by atoms with E-state index in [9.17, 15) is 9.59 Å². The van der Waals surface area contributed by atoms with E-state index in [0.717, 1.165) is 38.6 Å². The lowest BCUT2D eigenvalue weighted by atomic mass is 9.91. The van der Waals surface area contributed by atoms with Crippen molar-refractivity contribution in [3.05, 3.63) is 12.2 Å². The average Bonchev–Trinajstić information content (AvgIpc) is 2.48. The minimum absolute atomic E-state index is 0.117. The van der Waals surface area contributed by atoms with Gasteiger partial charge in [-0.1, -0.05) is 12.2 Å². The van der Waals surface area contributed by atoms with Crippen LogP contribution < -0.4 is 0 Å². The summed E-state index contributed by atoms with van der Waals surface area (Å²) in [6, 6.07) is 0. The van der Waals surface area contributed by atoms with Crippen molar-refractivity contribution in [2.75, 3.05) is 19.7 Å². The maximum atomic E-state index is 12.4. The number of likely N-dealkylation sites (tertiary alicyclic amines) is 1. The van der Waals surface area contributed by atoms with Gasteiger partial charge in [0.05, 0.1) is 12.5 Å². The molecule has 0 spiro atoms. The quantitative estimate of drug-likeness (QED) is 0.580. The lowest BCUT2D eigenvalue weighted by Gasteiger charge is -2.34. The van der Waals surface area contributed by atoms with Gasteiger partial charge in [-0.3, -0.25) is 9.59 Å². The molecule has 4 heteroatoms. The summed E-state index contributed by atoms with van der Waals surface area (Å²) >= 11 is 0. The highest BCUT2D eigenvalue weighted by molar-refractivity contribution is 5.80. The molecule has 1 fully saturated rings. The minimum atomic E-state index is -0.150. The largest absolute Gasteiger partial charge is 0.466 e. The Labute approximate surface area is 114 Å². The molecule has 0 radical (unpaired) electrons. The van der Waals surface area contributed by atoms with Gasteiger partial charge in [-0.2, -0.15) is 0 Å². The molecular formula is C15H23NO3. The van der Waals surface area contributed by atoms with Gasteiger partial charge >= 0.3 is 5.97 Å². The van der Waals surface area contributed by atoms with E-state index >= 15 is 0 Å². The van der Waals surface area contributed by atoms with Crippen molar-refractivity contribution in [2.45, 2.75) is 39.0 Å². The molecule has 106 valence electrons. The van der Waals surface area contributed by atoms with Gasteiger partial charge in [-0.05, 0) is 39.0 Å². The van der Waals surface area contributed by atoms with E-state index in [2.05, 4.69) is 12.2 Å². The molecule has 1 aliphatic heterocycles. The molecule has 1 amide bonds. The number of carbonyl (C=O) groups excluding carboxylic acids is 2. The van der Waals surface area contributed by atoms with E-state index in [0.29, 0.717) is 13.2 Å². The van der Waals surface area contributed by atoms with Gasteiger partial charge in [-0.15, -0.1) is 0 Å². The number of ether oxygens (including phenoxy) is 1. The summed E-state index contributed by atoms with van der Waals surface area (Å²) in [6.07, 6.45) is 8.76. The van der Waals surface area contributed by atoms with E-state index < -0.39 is 0 Å². The monoisotopic (exact) mass is 265 g/mol. The van der Waals surface area contributed by atoms with Gasteiger partial charge in [0.15, 0.2) is 0 Å². The lowest BCUT2D eigenvalue weighted by Crippen LogP contribution is -2.45. The Kier molecular flexibility index (Phi) is 5.00. The van der Waals surface area contributed by atoms with E-state index in [1.807, 2.05) is 11.8 Å². The first-order chi connectivity index (χ1) is 9.22. The van der Waals surface area contributed by atoms with Gasteiger partial charge in [0, 0.05) is 19.0 Å². The van der Waals surface area contributed by atoms with Crippen LogP contribution in [0.4, 0.5) is 0 Å². The summed E-state index contributed by atoms with van der Waals surface area (Å²) < 4.78 is 5.07. The first-order valence-corrected chi connectivity index (χ1v) is 7.32. The molecule has 1 heterocycles. The molecule has 0 N–H and O–H groups in total. The van der Waals surface area contributed by atoms with E-state index in [1.165, 1.54) is 0 Å². The normalized spacial score (nSPS) is 27.1. The van der Waals surface area contributed by atoms with Crippen LogP contribution in [0.25, 0.3) is 0 Å². The maximum Gasteiger partial charge on any atom is 0.310 e. The van der Waals surface area contributed by atoms with Crippen molar-refractivity contribution in [3.8, 4) is 0 Å². The minimum Gasteiger partial charge on any atom is -0.466 e. The summed E-state index contributed by atoms with van der Waals surface area (Å²) in [5.74, 6) is 0.0598. The predicted octanol–water partition coefficient (Wildman–Crippen LogP) is 2.14. The predicted molar refractivity (Wildman–Crippen MR) is 72.4 cm³/mol.